The number of nitrogens with zero attached hydrogens (tertiary/aromatic N) is 4. The van der Waals surface area contributed by atoms with Gasteiger partial charge in [0.2, 0.25) is 0 Å². The molecule has 122 valence electrons. The topological polar surface area (TPSA) is 60.2 Å². The summed E-state index contributed by atoms with van der Waals surface area (Å²) in [6, 6.07) is 4.00. The molecule has 3 heterocycles. The SMILES string of the molecule is CCOC(=O)C1CN(Cc2ccncc2)Cc2ncn(CC)c21. The molecule has 0 saturated carbocycles. The molecule has 1 aliphatic heterocycles. The van der Waals surface area contributed by atoms with Gasteiger partial charge in [0.25, 0.3) is 0 Å². The van der Waals surface area contributed by atoms with Crippen LogP contribution in [0.15, 0.2) is 30.9 Å². The van der Waals surface area contributed by atoms with Gasteiger partial charge >= 0.3 is 5.97 Å². The molecule has 6 nitrogen and oxygen atoms in total. The highest BCUT2D eigenvalue weighted by atomic mass is 16.5. The highest BCUT2D eigenvalue weighted by Crippen LogP contribution is 2.29. The highest BCUT2D eigenvalue weighted by Gasteiger charge is 2.35. The molecule has 3 rings (SSSR count). The fraction of sp³-hybridized carbons (Fsp3) is 0.471. The van der Waals surface area contributed by atoms with Crippen molar-refractivity contribution in [3.8, 4) is 0 Å². The molecular weight excluding hydrogens is 292 g/mol. The van der Waals surface area contributed by atoms with Gasteiger partial charge in [0.1, 0.15) is 5.92 Å². The molecule has 1 unspecified atom stereocenters. The third-order valence-electron chi connectivity index (χ3n) is 4.17. The van der Waals surface area contributed by atoms with E-state index >= 15 is 0 Å². The number of esters is 1. The average Bonchev–Trinajstić information content (AvgIpc) is 2.98. The molecule has 23 heavy (non-hydrogen) atoms. The summed E-state index contributed by atoms with van der Waals surface area (Å²) in [5.74, 6) is -0.439. The van der Waals surface area contributed by atoms with Gasteiger partial charge in [-0.15, -0.1) is 0 Å². The second-order valence-electron chi connectivity index (χ2n) is 5.69. The van der Waals surface area contributed by atoms with E-state index in [1.807, 2.05) is 25.4 Å². The van der Waals surface area contributed by atoms with E-state index in [9.17, 15) is 4.79 Å². The number of ether oxygens (including phenoxy) is 1. The van der Waals surface area contributed by atoms with Gasteiger partial charge in [-0.05, 0) is 31.5 Å². The van der Waals surface area contributed by atoms with Crippen LogP contribution in [0.25, 0.3) is 0 Å². The fourth-order valence-corrected chi connectivity index (χ4v) is 3.13. The lowest BCUT2D eigenvalue weighted by Gasteiger charge is -2.32. The Morgan fingerprint density at radius 2 is 2.13 bits per heavy atom. The van der Waals surface area contributed by atoms with Crippen molar-refractivity contribution >= 4 is 5.97 Å². The Morgan fingerprint density at radius 1 is 1.35 bits per heavy atom. The van der Waals surface area contributed by atoms with Crippen LogP contribution in [-0.2, 0) is 29.2 Å². The number of aryl methyl sites for hydroxylation is 1. The number of rotatable bonds is 5. The second kappa shape index (κ2) is 6.91. The molecule has 1 aliphatic rings. The van der Waals surface area contributed by atoms with Crippen molar-refractivity contribution < 1.29 is 9.53 Å². The summed E-state index contributed by atoms with van der Waals surface area (Å²) < 4.78 is 7.35. The number of imidazole rings is 1. The minimum Gasteiger partial charge on any atom is -0.465 e. The summed E-state index contributed by atoms with van der Waals surface area (Å²) in [7, 11) is 0. The van der Waals surface area contributed by atoms with Crippen LogP contribution in [0.5, 0.6) is 0 Å². The normalized spacial score (nSPS) is 17.7. The van der Waals surface area contributed by atoms with Gasteiger partial charge in [-0.2, -0.15) is 0 Å². The summed E-state index contributed by atoms with van der Waals surface area (Å²) >= 11 is 0. The van der Waals surface area contributed by atoms with Crippen LogP contribution in [0.3, 0.4) is 0 Å². The molecule has 0 bridgehead atoms. The zero-order chi connectivity index (χ0) is 16.2. The number of fused-ring (bicyclic) bond motifs is 1. The van der Waals surface area contributed by atoms with Gasteiger partial charge in [0.05, 0.1) is 24.3 Å². The highest BCUT2D eigenvalue weighted by molar-refractivity contribution is 5.78. The first-order valence-electron chi connectivity index (χ1n) is 8.04. The molecule has 0 N–H and O–H groups in total. The standard InChI is InChI=1S/C17H22N4O2/c1-3-21-12-19-15-11-20(9-13-5-7-18-8-6-13)10-14(16(15)21)17(22)23-4-2/h5-8,12,14H,3-4,9-11H2,1-2H3. The van der Waals surface area contributed by atoms with Gasteiger partial charge in [-0.3, -0.25) is 14.7 Å². The quantitative estimate of drug-likeness (QED) is 0.790. The van der Waals surface area contributed by atoms with E-state index in [4.69, 9.17) is 4.74 Å². The van der Waals surface area contributed by atoms with Crippen molar-refractivity contribution in [3.05, 3.63) is 47.8 Å². The Kier molecular flexibility index (Phi) is 4.71. The lowest BCUT2D eigenvalue weighted by atomic mass is 9.97. The van der Waals surface area contributed by atoms with Crippen LogP contribution >= 0.6 is 0 Å². The van der Waals surface area contributed by atoms with E-state index in [1.54, 1.807) is 12.4 Å². The number of hydrogen-bond donors (Lipinski definition) is 0. The summed E-state index contributed by atoms with van der Waals surface area (Å²) in [6.07, 6.45) is 5.41. The molecule has 0 spiro atoms. The Morgan fingerprint density at radius 3 is 2.83 bits per heavy atom. The maximum Gasteiger partial charge on any atom is 0.316 e. The molecular formula is C17H22N4O2. The maximum atomic E-state index is 12.4. The summed E-state index contributed by atoms with van der Waals surface area (Å²) in [5.41, 5.74) is 3.17. The predicted molar refractivity (Wildman–Crippen MR) is 85.6 cm³/mol. The lowest BCUT2D eigenvalue weighted by Crippen LogP contribution is -2.38. The van der Waals surface area contributed by atoms with Gasteiger partial charge < -0.3 is 9.30 Å². The van der Waals surface area contributed by atoms with E-state index in [0.717, 1.165) is 31.0 Å². The molecule has 0 saturated heterocycles. The Hall–Kier alpha value is -2.21. The summed E-state index contributed by atoms with van der Waals surface area (Å²) in [6.45, 7) is 7.29. The molecule has 0 aliphatic carbocycles. The number of hydrogen-bond acceptors (Lipinski definition) is 5. The predicted octanol–water partition coefficient (Wildman–Crippen LogP) is 1.96. The van der Waals surface area contributed by atoms with E-state index < -0.39 is 0 Å². The first-order valence-corrected chi connectivity index (χ1v) is 8.04. The van der Waals surface area contributed by atoms with Gasteiger partial charge in [0.15, 0.2) is 0 Å². The van der Waals surface area contributed by atoms with E-state index in [1.165, 1.54) is 5.56 Å². The van der Waals surface area contributed by atoms with Crippen LogP contribution in [0, 0.1) is 0 Å². The van der Waals surface area contributed by atoms with Crippen LogP contribution in [0.4, 0.5) is 0 Å². The number of carbonyl (C=O) groups excluding carboxylic acids is 1. The number of pyridine rings is 1. The van der Waals surface area contributed by atoms with Crippen molar-refractivity contribution in [3.63, 3.8) is 0 Å². The summed E-state index contributed by atoms with van der Waals surface area (Å²) in [4.78, 5) is 23.2. The Balaban J connectivity index is 1.86. The first kappa shape index (κ1) is 15.7. The van der Waals surface area contributed by atoms with Gasteiger partial charge in [-0.1, -0.05) is 0 Å². The zero-order valence-corrected chi connectivity index (χ0v) is 13.6. The number of aromatic nitrogens is 3. The van der Waals surface area contributed by atoms with Crippen molar-refractivity contribution in [1.29, 1.82) is 0 Å². The van der Waals surface area contributed by atoms with Crippen LogP contribution in [0.1, 0.15) is 36.7 Å². The minimum absolute atomic E-state index is 0.164. The average molecular weight is 314 g/mol. The largest absolute Gasteiger partial charge is 0.465 e. The second-order valence-corrected chi connectivity index (χ2v) is 5.69. The first-order chi connectivity index (χ1) is 11.2. The van der Waals surface area contributed by atoms with Crippen LogP contribution in [-0.4, -0.2) is 38.6 Å². The third-order valence-corrected chi connectivity index (χ3v) is 4.17. The minimum atomic E-state index is -0.275. The van der Waals surface area contributed by atoms with Crippen molar-refractivity contribution in [1.82, 2.24) is 19.4 Å². The Bertz CT molecular complexity index is 668. The lowest BCUT2D eigenvalue weighted by molar-refractivity contribution is -0.146. The van der Waals surface area contributed by atoms with Crippen LogP contribution < -0.4 is 0 Å². The van der Waals surface area contributed by atoms with Crippen molar-refractivity contribution in [2.75, 3.05) is 13.2 Å². The molecule has 6 heteroatoms. The van der Waals surface area contributed by atoms with E-state index in [2.05, 4.69) is 26.4 Å². The van der Waals surface area contributed by atoms with E-state index in [0.29, 0.717) is 13.2 Å². The number of carbonyl (C=O) groups is 1. The Labute approximate surface area is 136 Å². The zero-order valence-electron chi connectivity index (χ0n) is 13.6. The molecule has 2 aromatic rings. The summed E-state index contributed by atoms with van der Waals surface area (Å²) in [5, 5.41) is 0. The van der Waals surface area contributed by atoms with Crippen molar-refractivity contribution in [2.45, 2.75) is 39.4 Å². The molecule has 0 aromatic carbocycles. The van der Waals surface area contributed by atoms with Gasteiger partial charge in [0, 0.05) is 38.6 Å². The molecule has 2 aromatic heterocycles. The smallest absolute Gasteiger partial charge is 0.316 e. The molecule has 0 amide bonds. The maximum absolute atomic E-state index is 12.4. The fourth-order valence-electron chi connectivity index (χ4n) is 3.13. The molecule has 0 radical (unpaired) electrons. The van der Waals surface area contributed by atoms with E-state index in [-0.39, 0.29) is 11.9 Å². The van der Waals surface area contributed by atoms with Crippen molar-refractivity contribution in [2.24, 2.45) is 0 Å². The molecule has 1 atom stereocenters. The monoisotopic (exact) mass is 314 g/mol. The third kappa shape index (κ3) is 3.27. The molecule has 0 fully saturated rings. The van der Waals surface area contributed by atoms with Crippen LogP contribution in [0.2, 0.25) is 0 Å². The van der Waals surface area contributed by atoms with Gasteiger partial charge in [-0.25, -0.2) is 4.98 Å².